The van der Waals surface area contributed by atoms with Crippen molar-refractivity contribution < 1.29 is 9.53 Å². The number of imidazole rings is 1. The second kappa shape index (κ2) is 10.3. The maximum Gasteiger partial charge on any atom is 0.246 e. The van der Waals surface area contributed by atoms with Crippen molar-refractivity contribution in [3.05, 3.63) is 72.4 Å². The van der Waals surface area contributed by atoms with Crippen LogP contribution in [0.3, 0.4) is 0 Å². The number of amides is 1. The lowest BCUT2D eigenvalue weighted by Crippen LogP contribution is -2.48. The summed E-state index contributed by atoms with van der Waals surface area (Å²) in [4.78, 5) is 38.1. The first kappa shape index (κ1) is 24.7. The van der Waals surface area contributed by atoms with Crippen molar-refractivity contribution in [3.8, 4) is 11.5 Å². The maximum absolute atomic E-state index is 11.9. The molecule has 0 bridgehead atoms. The number of carbonyl (C=O) groups excluding carboxylic acids is 1. The molecule has 0 aliphatic carbocycles. The van der Waals surface area contributed by atoms with Gasteiger partial charge in [0.15, 0.2) is 5.82 Å². The van der Waals surface area contributed by atoms with Crippen LogP contribution in [-0.4, -0.2) is 66.5 Å². The van der Waals surface area contributed by atoms with E-state index in [4.69, 9.17) is 9.72 Å². The zero-order valence-electron chi connectivity index (χ0n) is 21.1. The van der Waals surface area contributed by atoms with Gasteiger partial charge >= 0.3 is 0 Å². The van der Waals surface area contributed by atoms with Gasteiger partial charge in [-0.1, -0.05) is 6.58 Å². The van der Waals surface area contributed by atoms with E-state index in [0.717, 1.165) is 21.2 Å². The van der Waals surface area contributed by atoms with E-state index >= 15 is 0 Å². The molecule has 11 nitrogen and oxygen atoms in total. The molecule has 1 saturated heterocycles. The molecule has 0 atom stereocenters. The molecule has 0 radical (unpaired) electrons. The molecule has 4 heterocycles. The second-order valence-electron chi connectivity index (χ2n) is 9.02. The fourth-order valence-electron chi connectivity index (χ4n) is 4.45. The van der Waals surface area contributed by atoms with Crippen LogP contribution in [0.1, 0.15) is 0 Å². The van der Waals surface area contributed by atoms with Crippen LogP contribution >= 0.6 is 15.9 Å². The third-order valence-electron chi connectivity index (χ3n) is 6.53. The molecule has 6 rings (SSSR count). The molecule has 1 aliphatic rings. The van der Waals surface area contributed by atoms with Gasteiger partial charge in [-0.2, -0.15) is 0 Å². The highest BCUT2D eigenvalue weighted by Gasteiger charge is 2.22. The average Bonchev–Trinajstić information content (AvgIpc) is 3.34. The van der Waals surface area contributed by atoms with Crippen LogP contribution in [0, 0.1) is 0 Å². The molecule has 3 aromatic heterocycles. The smallest absolute Gasteiger partial charge is 0.246 e. The number of piperazine rings is 1. The topological polar surface area (TPSA) is 114 Å². The Morgan fingerprint density at radius 3 is 2.69 bits per heavy atom. The van der Waals surface area contributed by atoms with E-state index in [2.05, 4.69) is 47.8 Å². The summed E-state index contributed by atoms with van der Waals surface area (Å²) in [5.74, 6) is 2.43. The summed E-state index contributed by atoms with van der Waals surface area (Å²) in [6.45, 7) is 5.99. The molecule has 196 valence electrons. The molecule has 12 heteroatoms. The van der Waals surface area contributed by atoms with Gasteiger partial charge in [0, 0.05) is 45.0 Å². The Kier molecular flexibility index (Phi) is 6.53. The van der Waals surface area contributed by atoms with Crippen LogP contribution in [-0.2, 0) is 11.8 Å². The monoisotopic (exact) mass is 585 g/mol. The molecule has 1 aliphatic heterocycles. The molecule has 39 heavy (non-hydrogen) atoms. The van der Waals surface area contributed by atoms with Gasteiger partial charge in [-0.15, -0.1) is 0 Å². The van der Waals surface area contributed by atoms with Gasteiger partial charge < -0.3 is 24.4 Å². The molecule has 0 spiro atoms. The molecular weight excluding hydrogens is 562 g/mol. The quantitative estimate of drug-likeness (QED) is 0.289. The summed E-state index contributed by atoms with van der Waals surface area (Å²) in [5, 5.41) is 3.34. The van der Waals surface area contributed by atoms with Crippen molar-refractivity contribution in [2.75, 3.05) is 36.4 Å². The minimum atomic E-state index is -0.0641. The molecule has 1 N–H and O–H groups in total. The number of carbonyl (C=O) groups is 1. The Morgan fingerprint density at radius 2 is 1.90 bits per heavy atom. The highest BCUT2D eigenvalue weighted by Crippen LogP contribution is 2.34. The number of halogens is 1. The molecule has 5 aromatic rings. The van der Waals surface area contributed by atoms with Crippen molar-refractivity contribution in [3.63, 3.8) is 0 Å². The lowest BCUT2D eigenvalue weighted by Gasteiger charge is -2.34. The second-order valence-corrected chi connectivity index (χ2v) is 9.88. The lowest BCUT2D eigenvalue weighted by atomic mass is 10.2. The Bertz CT molecular complexity index is 1710. The summed E-state index contributed by atoms with van der Waals surface area (Å²) in [7, 11) is 1.96. The Hall–Kier alpha value is -4.58. The first-order chi connectivity index (χ1) is 19.0. The summed E-state index contributed by atoms with van der Waals surface area (Å²) < 4.78 is 8.85. The number of hydrogen-bond acceptors (Lipinski definition) is 9. The van der Waals surface area contributed by atoms with Gasteiger partial charge in [0.05, 0.1) is 28.0 Å². The first-order valence-electron chi connectivity index (χ1n) is 12.3. The van der Waals surface area contributed by atoms with Crippen LogP contribution in [0.15, 0.2) is 72.4 Å². The van der Waals surface area contributed by atoms with Crippen LogP contribution in [0.4, 0.5) is 17.5 Å². The Balaban J connectivity index is 1.20. The van der Waals surface area contributed by atoms with Crippen molar-refractivity contribution in [2.45, 2.75) is 0 Å². The van der Waals surface area contributed by atoms with E-state index in [1.807, 2.05) is 52.9 Å². The zero-order chi connectivity index (χ0) is 26.9. The number of benzene rings is 2. The number of fused-ring (bicyclic) bond motifs is 2. The van der Waals surface area contributed by atoms with E-state index in [1.54, 1.807) is 17.4 Å². The standard InChI is InChI=1S/C27H24BrN9O2/c1-3-24(38)36-8-10-37(11-9-36)27-29-14-21-25(34-27)26(31-15-30-21)33-17-4-7-23(19(28)12-17)39-18-5-6-22-20(13-18)32-16-35(22)2/h3-7,12-16H,1,8-11H2,2H3,(H,30,31,33). The number of anilines is 3. The molecular formula is C27H24BrN9O2. The van der Waals surface area contributed by atoms with E-state index in [9.17, 15) is 4.79 Å². The molecule has 0 saturated carbocycles. The van der Waals surface area contributed by atoms with Crippen molar-refractivity contribution in [1.82, 2.24) is 34.4 Å². The number of ether oxygens (including phenoxy) is 1. The largest absolute Gasteiger partial charge is 0.456 e. The molecule has 0 unspecified atom stereocenters. The highest BCUT2D eigenvalue weighted by atomic mass is 79.9. The first-order valence-corrected chi connectivity index (χ1v) is 13.1. The number of nitrogens with zero attached hydrogens (tertiary/aromatic N) is 8. The van der Waals surface area contributed by atoms with Crippen LogP contribution < -0.4 is 15.0 Å². The SMILES string of the molecule is C=CC(=O)N1CCN(c2ncc3ncnc(Nc4ccc(Oc5ccc6c(c5)ncn6C)c(Br)c4)c3n2)CC1. The van der Waals surface area contributed by atoms with E-state index in [1.165, 1.54) is 12.4 Å². The number of hydrogen-bond donors (Lipinski definition) is 1. The van der Waals surface area contributed by atoms with Gasteiger partial charge in [-0.05, 0) is 52.3 Å². The maximum atomic E-state index is 11.9. The number of rotatable bonds is 6. The molecule has 2 aromatic carbocycles. The fraction of sp³-hybridized carbons (Fsp3) is 0.185. The predicted octanol–water partition coefficient (Wildman–Crippen LogP) is 4.44. The Morgan fingerprint density at radius 1 is 1.05 bits per heavy atom. The minimum Gasteiger partial charge on any atom is -0.456 e. The minimum absolute atomic E-state index is 0.0641. The van der Waals surface area contributed by atoms with Gasteiger partial charge in [0.1, 0.15) is 28.9 Å². The Labute approximate surface area is 232 Å². The highest BCUT2D eigenvalue weighted by molar-refractivity contribution is 9.10. The molecule has 1 fully saturated rings. The van der Waals surface area contributed by atoms with Gasteiger partial charge in [0.25, 0.3) is 0 Å². The van der Waals surface area contributed by atoms with Crippen LogP contribution in [0.2, 0.25) is 0 Å². The number of aromatic nitrogens is 6. The van der Waals surface area contributed by atoms with Gasteiger partial charge in [0.2, 0.25) is 11.9 Å². The van der Waals surface area contributed by atoms with E-state index < -0.39 is 0 Å². The van der Waals surface area contributed by atoms with E-state index in [0.29, 0.717) is 60.5 Å². The number of aryl methyl sites for hydroxylation is 1. The predicted molar refractivity (Wildman–Crippen MR) is 152 cm³/mol. The third-order valence-corrected chi connectivity index (χ3v) is 7.15. The summed E-state index contributed by atoms with van der Waals surface area (Å²) in [5.41, 5.74) is 3.93. The summed E-state index contributed by atoms with van der Waals surface area (Å²) in [6.07, 6.45) is 6.29. The number of nitrogens with one attached hydrogen (secondary N) is 1. The zero-order valence-corrected chi connectivity index (χ0v) is 22.7. The van der Waals surface area contributed by atoms with Gasteiger partial charge in [-0.25, -0.2) is 24.9 Å². The van der Waals surface area contributed by atoms with Crippen molar-refractivity contribution in [2.24, 2.45) is 7.05 Å². The van der Waals surface area contributed by atoms with Crippen molar-refractivity contribution >= 4 is 61.4 Å². The lowest BCUT2D eigenvalue weighted by molar-refractivity contribution is -0.126. The van der Waals surface area contributed by atoms with Crippen LogP contribution in [0.25, 0.3) is 22.1 Å². The van der Waals surface area contributed by atoms with Crippen LogP contribution in [0.5, 0.6) is 11.5 Å². The fourth-order valence-corrected chi connectivity index (χ4v) is 4.91. The van der Waals surface area contributed by atoms with Crippen molar-refractivity contribution in [1.29, 1.82) is 0 Å². The van der Waals surface area contributed by atoms with E-state index in [-0.39, 0.29) is 5.91 Å². The summed E-state index contributed by atoms with van der Waals surface area (Å²) >= 11 is 3.62. The third kappa shape index (κ3) is 4.98. The average molecular weight is 586 g/mol. The molecule has 1 amide bonds. The van der Waals surface area contributed by atoms with Gasteiger partial charge in [-0.3, -0.25) is 4.79 Å². The normalized spacial score (nSPS) is 13.6. The summed E-state index contributed by atoms with van der Waals surface area (Å²) in [6, 6.07) is 11.5.